The molecule has 1 fully saturated rings. The molecule has 0 spiro atoms. The minimum atomic E-state index is -0.261. The average Bonchev–Trinajstić information content (AvgIpc) is 2.65. The van der Waals surface area contributed by atoms with Crippen LogP contribution in [0.3, 0.4) is 0 Å². The van der Waals surface area contributed by atoms with E-state index in [9.17, 15) is 4.79 Å². The molecule has 1 amide bonds. The van der Waals surface area contributed by atoms with Gasteiger partial charge >= 0.3 is 0 Å². The second-order valence-corrected chi connectivity index (χ2v) is 6.65. The summed E-state index contributed by atoms with van der Waals surface area (Å²) in [5.41, 5.74) is 0.909. The monoisotopic (exact) mass is 338 g/mol. The van der Waals surface area contributed by atoms with Crippen LogP contribution in [-0.4, -0.2) is 18.0 Å². The summed E-state index contributed by atoms with van der Waals surface area (Å²) >= 11 is 0. The largest absolute Gasteiger partial charge is 0.457 e. The molecule has 2 aromatic carbocycles. The van der Waals surface area contributed by atoms with Gasteiger partial charge in [-0.05, 0) is 56.2 Å². The number of rotatable bonds is 6. The molecule has 0 radical (unpaired) electrons. The number of hydrogen-bond donors (Lipinski definition) is 2. The summed E-state index contributed by atoms with van der Waals surface area (Å²) in [7, 11) is 0. The van der Waals surface area contributed by atoms with Crippen molar-refractivity contribution in [1.82, 2.24) is 5.32 Å². The van der Waals surface area contributed by atoms with Crippen LogP contribution in [0.4, 0.5) is 5.69 Å². The van der Waals surface area contributed by atoms with Crippen LogP contribution in [0, 0.1) is 0 Å². The number of hydrogen-bond acceptors (Lipinski definition) is 3. The molecule has 1 aliphatic rings. The second-order valence-electron chi connectivity index (χ2n) is 6.65. The third-order valence-electron chi connectivity index (χ3n) is 4.56. The van der Waals surface area contributed by atoms with Gasteiger partial charge in [0.05, 0.1) is 0 Å². The van der Waals surface area contributed by atoms with E-state index in [0.29, 0.717) is 6.04 Å². The third kappa shape index (κ3) is 5.24. The Morgan fingerprint density at radius 3 is 2.28 bits per heavy atom. The van der Waals surface area contributed by atoms with Crippen LogP contribution in [-0.2, 0) is 4.79 Å². The molecule has 0 saturated heterocycles. The molecule has 1 atom stereocenters. The molecule has 0 aromatic heterocycles. The number of benzene rings is 2. The van der Waals surface area contributed by atoms with Gasteiger partial charge in [-0.1, -0.05) is 37.5 Å². The second kappa shape index (κ2) is 8.56. The van der Waals surface area contributed by atoms with Gasteiger partial charge in [-0.3, -0.25) is 4.79 Å². The average molecular weight is 338 g/mol. The number of nitrogens with one attached hydrogen (secondary N) is 2. The highest BCUT2D eigenvalue weighted by Gasteiger charge is 2.19. The number of anilines is 1. The van der Waals surface area contributed by atoms with E-state index in [1.165, 1.54) is 19.3 Å². The first-order valence-corrected chi connectivity index (χ1v) is 9.10. The maximum Gasteiger partial charge on any atom is 0.242 e. The van der Waals surface area contributed by atoms with E-state index < -0.39 is 0 Å². The van der Waals surface area contributed by atoms with Gasteiger partial charge in [0.25, 0.3) is 0 Å². The zero-order valence-electron chi connectivity index (χ0n) is 14.7. The minimum absolute atomic E-state index is 0.0662. The van der Waals surface area contributed by atoms with Gasteiger partial charge in [0.2, 0.25) is 5.91 Å². The molecule has 4 nitrogen and oxygen atoms in total. The van der Waals surface area contributed by atoms with Crippen molar-refractivity contribution < 1.29 is 9.53 Å². The minimum Gasteiger partial charge on any atom is -0.457 e. The van der Waals surface area contributed by atoms with Crippen LogP contribution in [0.25, 0.3) is 0 Å². The summed E-state index contributed by atoms with van der Waals surface area (Å²) < 4.78 is 5.78. The Morgan fingerprint density at radius 2 is 1.60 bits per heavy atom. The van der Waals surface area contributed by atoms with Crippen LogP contribution in [0.1, 0.15) is 39.0 Å². The standard InChI is InChI=1S/C21H26N2O2/c1-16(21(24)23-17-8-4-2-5-9-17)22-18-12-14-20(15-13-18)25-19-10-6-3-7-11-19/h3,6-7,10-17,22H,2,4-5,8-9H2,1H3,(H,23,24). The van der Waals surface area contributed by atoms with Crippen molar-refractivity contribution in [3.8, 4) is 11.5 Å². The van der Waals surface area contributed by atoms with E-state index in [-0.39, 0.29) is 11.9 Å². The van der Waals surface area contributed by atoms with Gasteiger partial charge in [0.1, 0.15) is 17.5 Å². The van der Waals surface area contributed by atoms with E-state index in [1.807, 2.05) is 61.5 Å². The molecule has 25 heavy (non-hydrogen) atoms. The Hall–Kier alpha value is -2.49. The molecule has 0 heterocycles. The van der Waals surface area contributed by atoms with Crippen LogP contribution < -0.4 is 15.4 Å². The molecule has 0 aliphatic heterocycles. The lowest BCUT2D eigenvalue weighted by Gasteiger charge is -2.25. The summed E-state index contributed by atoms with van der Waals surface area (Å²) in [5.74, 6) is 1.65. The Balaban J connectivity index is 1.50. The third-order valence-corrected chi connectivity index (χ3v) is 4.56. The van der Waals surface area contributed by atoms with Gasteiger partial charge in [0, 0.05) is 11.7 Å². The lowest BCUT2D eigenvalue weighted by Crippen LogP contribution is -2.43. The number of carbonyl (C=O) groups is 1. The molecular formula is C21H26N2O2. The molecule has 1 aliphatic carbocycles. The Morgan fingerprint density at radius 1 is 0.960 bits per heavy atom. The molecule has 4 heteroatoms. The van der Waals surface area contributed by atoms with Gasteiger partial charge in [-0.15, -0.1) is 0 Å². The fourth-order valence-corrected chi connectivity index (χ4v) is 3.13. The van der Waals surface area contributed by atoms with Crippen molar-refractivity contribution in [1.29, 1.82) is 0 Å². The summed E-state index contributed by atoms with van der Waals surface area (Å²) in [6, 6.07) is 17.4. The normalized spacial score (nSPS) is 16.0. The zero-order chi connectivity index (χ0) is 17.5. The van der Waals surface area contributed by atoms with E-state index in [2.05, 4.69) is 10.6 Å². The first-order chi connectivity index (χ1) is 12.2. The van der Waals surface area contributed by atoms with Gasteiger partial charge < -0.3 is 15.4 Å². The van der Waals surface area contributed by atoms with E-state index in [4.69, 9.17) is 4.74 Å². The van der Waals surface area contributed by atoms with Gasteiger partial charge in [-0.25, -0.2) is 0 Å². The smallest absolute Gasteiger partial charge is 0.242 e. The summed E-state index contributed by atoms with van der Waals surface area (Å²) in [6.07, 6.45) is 5.93. The van der Waals surface area contributed by atoms with Crippen LogP contribution in [0.2, 0.25) is 0 Å². The summed E-state index contributed by atoms with van der Waals surface area (Å²) in [5, 5.41) is 6.41. The molecule has 3 rings (SSSR count). The van der Waals surface area contributed by atoms with Gasteiger partial charge in [-0.2, -0.15) is 0 Å². The molecule has 0 bridgehead atoms. The van der Waals surface area contributed by atoms with Crippen molar-refractivity contribution in [3.63, 3.8) is 0 Å². The number of amides is 1. The maximum absolute atomic E-state index is 12.3. The zero-order valence-corrected chi connectivity index (χ0v) is 14.7. The van der Waals surface area contributed by atoms with Crippen molar-refractivity contribution >= 4 is 11.6 Å². The summed E-state index contributed by atoms with van der Waals surface area (Å²) in [6.45, 7) is 1.90. The number of para-hydroxylation sites is 1. The Kier molecular flexibility index (Phi) is 5.94. The van der Waals surface area contributed by atoms with Gasteiger partial charge in [0.15, 0.2) is 0 Å². The van der Waals surface area contributed by atoms with Crippen LogP contribution in [0.5, 0.6) is 11.5 Å². The maximum atomic E-state index is 12.3. The lowest BCUT2D eigenvalue weighted by molar-refractivity contribution is -0.122. The predicted octanol–water partition coefficient (Wildman–Crippen LogP) is 4.73. The highest BCUT2D eigenvalue weighted by molar-refractivity contribution is 5.84. The molecule has 2 aromatic rings. The Bertz CT molecular complexity index is 664. The van der Waals surface area contributed by atoms with Crippen LogP contribution in [0.15, 0.2) is 54.6 Å². The summed E-state index contributed by atoms with van der Waals surface area (Å²) in [4.78, 5) is 12.3. The number of carbonyl (C=O) groups excluding carboxylic acids is 1. The Labute approximate surface area is 149 Å². The van der Waals surface area contributed by atoms with Crippen molar-refractivity contribution in [3.05, 3.63) is 54.6 Å². The SMILES string of the molecule is CC(Nc1ccc(Oc2ccccc2)cc1)C(=O)NC1CCCCC1. The van der Waals surface area contributed by atoms with Crippen molar-refractivity contribution in [2.75, 3.05) is 5.32 Å². The topological polar surface area (TPSA) is 50.4 Å². The molecular weight excluding hydrogens is 312 g/mol. The van der Waals surface area contributed by atoms with E-state index in [0.717, 1.165) is 30.0 Å². The molecule has 2 N–H and O–H groups in total. The highest BCUT2D eigenvalue weighted by atomic mass is 16.5. The fourth-order valence-electron chi connectivity index (χ4n) is 3.13. The highest BCUT2D eigenvalue weighted by Crippen LogP contribution is 2.23. The van der Waals surface area contributed by atoms with E-state index in [1.54, 1.807) is 0 Å². The number of ether oxygens (including phenoxy) is 1. The first kappa shape index (κ1) is 17.3. The molecule has 1 unspecified atom stereocenters. The molecule has 1 saturated carbocycles. The molecule has 132 valence electrons. The van der Waals surface area contributed by atoms with E-state index >= 15 is 0 Å². The lowest BCUT2D eigenvalue weighted by atomic mass is 9.95. The van der Waals surface area contributed by atoms with Crippen LogP contribution >= 0.6 is 0 Å². The van der Waals surface area contributed by atoms with Crippen molar-refractivity contribution in [2.24, 2.45) is 0 Å². The first-order valence-electron chi connectivity index (χ1n) is 9.10. The quantitative estimate of drug-likeness (QED) is 0.801. The van der Waals surface area contributed by atoms with Crippen molar-refractivity contribution in [2.45, 2.75) is 51.1 Å². The fraction of sp³-hybridized carbons (Fsp3) is 0.381. The predicted molar refractivity (Wildman–Crippen MR) is 101 cm³/mol.